The van der Waals surface area contributed by atoms with E-state index in [1.54, 1.807) is 0 Å². The normalized spacial score (nSPS) is 13.5. The molecular weight excluding hydrogens is 428 g/mol. The van der Waals surface area contributed by atoms with Gasteiger partial charge in [0, 0.05) is 24.2 Å². The van der Waals surface area contributed by atoms with Crippen LogP contribution in [0.1, 0.15) is 22.3 Å². The van der Waals surface area contributed by atoms with Gasteiger partial charge in [0.1, 0.15) is 16.7 Å². The maximum atomic E-state index is 5.26. The molecule has 4 heterocycles. The van der Waals surface area contributed by atoms with E-state index in [0.29, 0.717) is 0 Å². The van der Waals surface area contributed by atoms with Gasteiger partial charge in [-0.1, -0.05) is 30.3 Å². The fraction of sp³-hybridized carbons (Fsp3) is 0.0645. The molecule has 0 amide bonds. The summed E-state index contributed by atoms with van der Waals surface area (Å²) in [4.78, 5) is 14.6. The Hall–Kier alpha value is -4.57. The molecule has 4 nitrogen and oxygen atoms in total. The summed E-state index contributed by atoms with van der Waals surface area (Å²) in [5.74, 6) is 0. The van der Waals surface area contributed by atoms with Crippen LogP contribution < -0.4 is 0 Å². The first kappa shape index (κ1) is 17.8. The Morgan fingerprint density at radius 2 is 1.34 bits per heavy atom. The van der Waals surface area contributed by atoms with Gasteiger partial charge in [-0.25, -0.2) is 4.98 Å². The second kappa shape index (κ2) is 6.10. The van der Waals surface area contributed by atoms with Crippen LogP contribution in [0.2, 0.25) is 0 Å². The lowest BCUT2D eigenvalue weighted by atomic mass is 9.98. The van der Waals surface area contributed by atoms with Crippen LogP contribution >= 0.6 is 0 Å². The predicted molar refractivity (Wildman–Crippen MR) is 140 cm³/mol. The highest BCUT2D eigenvalue weighted by Gasteiger charge is 2.28. The zero-order chi connectivity index (χ0) is 22.7. The van der Waals surface area contributed by atoms with Crippen molar-refractivity contribution in [2.45, 2.75) is 12.8 Å². The molecule has 0 saturated heterocycles. The Balaban J connectivity index is 1.35. The molecule has 0 unspecified atom stereocenters. The fourth-order valence-electron chi connectivity index (χ4n) is 6.41. The van der Waals surface area contributed by atoms with E-state index in [4.69, 9.17) is 9.97 Å². The molecule has 2 aliphatic carbocycles. The maximum Gasteiger partial charge on any atom is 0.148 e. The van der Waals surface area contributed by atoms with Gasteiger partial charge in [0.25, 0.3) is 0 Å². The Kier molecular flexibility index (Phi) is 3.11. The van der Waals surface area contributed by atoms with Crippen molar-refractivity contribution in [1.82, 2.24) is 19.4 Å². The number of benzene rings is 3. The average Bonchev–Trinajstić information content (AvgIpc) is 3.58. The minimum Gasteiger partial charge on any atom is -0.290 e. The van der Waals surface area contributed by atoms with E-state index in [-0.39, 0.29) is 0 Å². The zero-order valence-corrected chi connectivity index (χ0v) is 18.8. The van der Waals surface area contributed by atoms with E-state index in [0.717, 1.165) is 51.5 Å². The monoisotopic (exact) mass is 446 g/mol. The van der Waals surface area contributed by atoms with Gasteiger partial charge >= 0.3 is 0 Å². The molecule has 0 fully saturated rings. The van der Waals surface area contributed by atoms with Crippen molar-refractivity contribution < 1.29 is 0 Å². The largest absolute Gasteiger partial charge is 0.290 e. The van der Waals surface area contributed by atoms with Crippen molar-refractivity contribution >= 4 is 38.6 Å². The molecule has 0 spiro atoms. The van der Waals surface area contributed by atoms with Crippen LogP contribution in [0, 0.1) is 0 Å². The van der Waals surface area contributed by atoms with E-state index in [1.165, 1.54) is 44.5 Å². The third-order valence-corrected chi connectivity index (χ3v) is 7.91. The van der Waals surface area contributed by atoms with Crippen molar-refractivity contribution in [2.24, 2.45) is 0 Å². The minimum atomic E-state index is 0.904. The first-order valence-corrected chi connectivity index (χ1v) is 12.0. The zero-order valence-electron chi connectivity index (χ0n) is 18.8. The maximum absolute atomic E-state index is 5.26. The van der Waals surface area contributed by atoms with Crippen molar-refractivity contribution in [1.29, 1.82) is 0 Å². The van der Waals surface area contributed by atoms with Crippen molar-refractivity contribution in [3.05, 3.63) is 107 Å². The Morgan fingerprint density at radius 3 is 2.29 bits per heavy atom. The highest BCUT2D eigenvalue weighted by atomic mass is 15.0. The van der Waals surface area contributed by atoms with Crippen LogP contribution in [0.5, 0.6) is 0 Å². The first-order valence-electron chi connectivity index (χ1n) is 12.0. The third kappa shape index (κ3) is 2.15. The van der Waals surface area contributed by atoms with E-state index in [1.807, 2.05) is 24.5 Å². The van der Waals surface area contributed by atoms with Crippen LogP contribution in [0.25, 0.3) is 60.9 Å². The summed E-state index contributed by atoms with van der Waals surface area (Å²) in [7, 11) is 0. The standard InChI is InChI=1S/C31H18N4/c1-2-6-20-17(5-1)13-18-14-24-19(15-23(18)20)16-25-21(24)9-10-27-28(25)34-31-22-7-3-11-32-29(22)30-26(35(27)31)8-4-12-33-30/h1-12,14-15H,13,16H2. The van der Waals surface area contributed by atoms with Crippen molar-refractivity contribution in [2.75, 3.05) is 0 Å². The number of aromatic nitrogens is 4. The lowest BCUT2D eigenvalue weighted by molar-refractivity contribution is 1.24. The molecule has 0 radical (unpaired) electrons. The van der Waals surface area contributed by atoms with Gasteiger partial charge < -0.3 is 0 Å². The molecule has 35 heavy (non-hydrogen) atoms. The van der Waals surface area contributed by atoms with Crippen molar-refractivity contribution in [3.8, 4) is 22.3 Å². The molecule has 162 valence electrons. The van der Waals surface area contributed by atoms with Gasteiger partial charge in [0.15, 0.2) is 0 Å². The lowest BCUT2D eigenvalue weighted by Gasteiger charge is -2.07. The summed E-state index contributed by atoms with van der Waals surface area (Å²) in [6, 6.07) is 26.4. The summed E-state index contributed by atoms with van der Waals surface area (Å²) < 4.78 is 2.27. The highest BCUT2D eigenvalue weighted by Crippen LogP contribution is 2.46. The number of imidazole rings is 1. The second-order valence-corrected chi connectivity index (χ2v) is 9.68. The van der Waals surface area contributed by atoms with Crippen molar-refractivity contribution in [3.63, 3.8) is 0 Å². The van der Waals surface area contributed by atoms with Gasteiger partial charge in [0.2, 0.25) is 0 Å². The molecule has 9 rings (SSSR count). The summed E-state index contributed by atoms with van der Waals surface area (Å²) >= 11 is 0. The molecule has 7 aromatic rings. The quantitative estimate of drug-likeness (QED) is 0.243. The molecular formula is C31H18N4. The smallest absolute Gasteiger partial charge is 0.148 e. The van der Waals surface area contributed by atoms with Crippen LogP contribution in [-0.4, -0.2) is 19.4 Å². The van der Waals surface area contributed by atoms with Gasteiger partial charge in [-0.05, 0) is 93.4 Å². The molecule has 3 aromatic carbocycles. The van der Waals surface area contributed by atoms with Crippen LogP contribution in [0.15, 0.2) is 85.2 Å². The van der Waals surface area contributed by atoms with Crippen LogP contribution in [0.4, 0.5) is 0 Å². The van der Waals surface area contributed by atoms with E-state index in [9.17, 15) is 0 Å². The third-order valence-electron chi connectivity index (χ3n) is 7.91. The number of hydrogen-bond acceptors (Lipinski definition) is 3. The lowest BCUT2D eigenvalue weighted by Crippen LogP contribution is -1.94. The molecule has 4 heteroatoms. The molecule has 0 N–H and O–H groups in total. The van der Waals surface area contributed by atoms with Gasteiger partial charge in [-0.15, -0.1) is 0 Å². The van der Waals surface area contributed by atoms with E-state index in [2.05, 4.69) is 70.0 Å². The number of fused-ring (bicyclic) bond motifs is 15. The number of rotatable bonds is 0. The summed E-state index contributed by atoms with van der Waals surface area (Å²) in [6.07, 6.45) is 5.60. The van der Waals surface area contributed by atoms with Crippen LogP contribution in [-0.2, 0) is 12.8 Å². The number of nitrogens with zero attached hydrogens (tertiary/aromatic N) is 4. The minimum absolute atomic E-state index is 0.904. The average molecular weight is 447 g/mol. The molecule has 0 aliphatic heterocycles. The Bertz CT molecular complexity index is 2070. The molecule has 0 bridgehead atoms. The van der Waals surface area contributed by atoms with Gasteiger partial charge in [-0.3, -0.25) is 14.4 Å². The summed E-state index contributed by atoms with van der Waals surface area (Å²) in [5.41, 5.74) is 17.1. The topological polar surface area (TPSA) is 43.1 Å². The first-order chi connectivity index (χ1) is 17.3. The fourth-order valence-corrected chi connectivity index (χ4v) is 6.41. The number of pyridine rings is 3. The molecule has 4 aromatic heterocycles. The van der Waals surface area contributed by atoms with Gasteiger partial charge in [-0.2, -0.15) is 0 Å². The van der Waals surface area contributed by atoms with E-state index < -0.39 is 0 Å². The highest BCUT2D eigenvalue weighted by molar-refractivity contribution is 6.11. The predicted octanol–water partition coefficient (Wildman–Crippen LogP) is 6.73. The van der Waals surface area contributed by atoms with E-state index >= 15 is 0 Å². The number of hydrogen-bond donors (Lipinski definition) is 0. The van der Waals surface area contributed by atoms with Crippen LogP contribution in [0.3, 0.4) is 0 Å². The summed E-state index contributed by atoms with van der Waals surface area (Å²) in [6.45, 7) is 0. The molecule has 2 aliphatic rings. The SMILES string of the molecule is c1ccc2c(c1)Cc1cc3c(cc1-2)Cc1c-3ccc2c1nc1c3cccnc3c3ncccc3n21. The summed E-state index contributed by atoms with van der Waals surface area (Å²) in [5, 5.41) is 1.04. The molecule has 0 saturated carbocycles. The van der Waals surface area contributed by atoms with Gasteiger partial charge in [0.05, 0.1) is 16.6 Å². The molecule has 0 atom stereocenters. The Labute approximate surface area is 200 Å². The second-order valence-electron chi connectivity index (χ2n) is 9.68. The Morgan fingerprint density at radius 1 is 0.571 bits per heavy atom.